The lowest BCUT2D eigenvalue weighted by Crippen LogP contribution is -2.51. The van der Waals surface area contributed by atoms with E-state index in [2.05, 4.69) is 12.2 Å². The van der Waals surface area contributed by atoms with E-state index in [-0.39, 0.29) is 6.09 Å². The summed E-state index contributed by atoms with van der Waals surface area (Å²) < 4.78 is 5.68. The fraction of sp³-hybridized carbons (Fsp3) is 0.952. The van der Waals surface area contributed by atoms with E-state index < -0.39 is 5.60 Å². The molecule has 1 saturated heterocycles. The van der Waals surface area contributed by atoms with Crippen molar-refractivity contribution < 1.29 is 9.53 Å². The molecule has 4 heteroatoms. The van der Waals surface area contributed by atoms with Gasteiger partial charge in [-0.2, -0.15) is 0 Å². The van der Waals surface area contributed by atoms with Crippen LogP contribution in [0.2, 0.25) is 0 Å². The number of hydrogen-bond acceptors (Lipinski definition) is 3. The lowest BCUT2D eigenvalue weighted by Gasteiger charge is -2.38. The third-order valence-corrected chi connectivity index (χ3v) is 6.53. The molecule has 1 heterocycles. The maximum Gasteiger partial charge on any atom is 0.410 e. The number of carbonyl (C=O) groups excluding carboxylic acids is 1. The SMILES string of the molecule is CC1CCCCC1NC1CCCC1C1CCCN1C(=O)OC(C)(C)C. The van der Waals surface area contributed by atoms with Crippen molar-refractivity contribution in [3.05, 3.63) is 0 Å². The number of likely N-dealkylation sites (tertiary alicyclic amines) is 1. The van der Waals surface area contributed by atoms with E-state index in [1.807, 2.05) is 25.7 Å². The van der Waals surface area contributed by atoms with Crippen LogP contribution in [0.4, 0.5) is 4.79 Å². The molecular weight excluding hydrogens is 312 g/mol. The first kappa shape index (κ1) is 19.0. The summed E-state index contributed by atoms with van der Waals surface area (Å²) >= 11 is 0. The van der Waals surface area contributed by atoms with E-state index >= 15 is 0 Å². The molecule has 144 valence electrons. The minimum Gasteiger partial charge on any atom is -0.444 e. The first-order chi connectivity index (χ1) is 11.8. The molecule has 3 fully saturated rings. The standard InChI is InChI=1S/C21H38N2O2/c1-15-9-5-6-11-17(15)22-18-12-7-10-16(18)19-13-8-14-23(19)20(24)25-21(2,3)4/h15-19,22H,5-14H2,1-4H3. The van der Waals surface area contributed by atoms with Crippen LogP contribution in [0.3, 0.4) is 0 Å². The first-order valence-corrected chi connectivity index (χ1v) is 10.6. The van der Waals surface area contributed by atoms with E-state index in [4.69, 9.17) is 4.74 Å². The van der Waals surface area contributed by atoms with Gasteiger partial charge in [-0.25, -0.2) is 4.79 Å². The van der Waals surface area contributed by atoms with Crippen molar-refractivity contribution in [2.45, 2.75) is 109 Å². The Labute approximate surface area is 154 Å². The van der Waals surface area contributed by atoms with Gasteiger partial charge < -0.3 is 15.0 Å². The van der Waals surface area contributed by atoms with E-state index in [0.29, 0.717) is 24.0 Å². The van der Waals surface area contributed by atoms with Gasteiger partial charge in [0, 0.05) is 24.7 Å². The molecule has 0 radical (unpaired) electrons. The lowest BCUT2D eigenvalue weighted by molar-refractivity contribution is 0.0162. The highest BCUT2D eigenvalue weighted by molar-refractivity contribution is 5.69. The minimum atomic E-state index is -0.408. The molecule has 5 unspecified atom stereocenters. The van der Waals surface area contributed by atoms with Crippen LogP contribution in [0.1, 0.15) is 85.5 Å². The molecule has 1 aliphatic heterocycles. The third kappa shape index (κ3) is 4.69. The fourth-order valence-corrected chi connectivity index (χ4v) is 5.28. The second-order valence-corrected chi connectivity index (χ2v) is 9.62. The summed E-state index contributed by atoms with van der Waals surface area (Å²) in [6, 6.07) is 1.63. The van der Waals surface area contributed by atoms with Gasteiger partial charge in [0.1, 0.15) is 5.60 Å². The molecule has 3 aliphatic rings. The second kappa shape index (κ2) is 7.85. The van der Waals surface area contributed by atoms with Crippen LogP contribution in [0.5, 0.6) is 0 Å². The van der Waals surface area contributed by atoms with Gasteiger partial charge in [0.2, 0.25) is 0 Å². The highest BCUT2D eigenvalue weighted by Gasteiger charge is 2.42. The zero-order chi connectivity index (χ0) is 18.0. The van der Waals surface area contributed by atoms with Gasteiger partial charge in [0.15, 0.2) is 0 Å². The molecule has 4 nitrogen and oxygen atoms in total. The number of carbonyl (C=O) groups is 1. The topological polar surface area (TPSA) is 41.6 Å². The summed E-state index contributed by atoms with van der Waals surface area (Å²) in [6.45, 7) is 9.15. The summed E-state index contributed by atoms with van der Waals surface area (Å²) in [5, 5.41) is 4.02. The molecule has 0 bridgehead atoms. The van der Waals surface area contributed by atoms with Crippen molar-refractivity contribution >= 4 is 6.09 Å². The van der Waals surface area contributed by atoms with Crippen molar-refractivity contribution in [1.82, 2.24) is 10.2 Å². The third-order valence-electron chi connectivity index (χ3n) is 6.53. The molecule has 0 aromatic heterocycles. The molecule has 2 saturated carbocycles. The Morgan fingerprint density at radius 2 is 1.68 bits per heavy atom. The smallest absolute Gasteiger partial charge is 0.410 e. The Hall–Kier alpha value is -0.770. The summed E-state index contributed by atoms with van der Waals surface area (Å²) in [7, 11) is 0. The quantitative estimate of drug-likeness (QED) is 0.800. The van der Waals surface area contributed by atoms with Gasteiger partial charge in [-0.3, -0.25) is 0 Å². The molecule has 0 aromatic rings. The molecular formula is C21H38N2O2. The maximum absolute atomic E-state index is 12.7. The van der Waals surface area contributed by atoms with Gasteiger partial charge >= 0.3 is 6.09 Å². The largest absolute Gasteiger partial charge is 0.444 e. The highest BCUT2D eigenvalue weighted by atomic mass is 16.6. The second-order valence-electron chi connectivity index (χ2n) is 9.62. The van der Waals surface area contributed by atoms with Gasteiger partial charge in [-0.05, 0) is 71.1 Å². The average Bonchev–Trinajstić information content (AvgIpc) is 3.16. The zero-order valence-electron chi connectivity index (χ0n) is 16.7. The molecule has 0 aromatic carbocycles. The Kier molecular flexibility index (Phi) is 5.97. The van der Waals surface area contributed by atoms with Crippen molar-refractivity contribution in [1.29, 1.82) is 0 Å². The van der Waals surface area contributed by atoms with Crippen molar-refractivity contribution in [3.8, 4) is 0 Å². The van der Waals surface area contributed by atoms with Gasteiger partial charge in [0.05, 0.1) is 0 Å². The Balaban J connectivity index is 1.63. The minimum absolute atomic E-state index is 0.105. The Morgan fingerprint density at radius 3 is 2.40 bits per heavy atom. The first-order valence-electron chi connectivity index (χ1n) is 10.6. The number of nitrogens with one attached hydrogen (secondary N) is 1. The predicted octanol–water partition coefficient (Wildman–Crippen LogP) is 4.72. The van der Waals surface area contributed by atoms with Crippen molar-refractivity contribution in [2.75, 3.05) is 6.54 Å². The van der Waals surface area contributed by atoms with E-state index in [1.165, 1.54) is 44.9 Å². The molecule has 1 N–H and O–H groups in total. The molecule has 25 heavy (non-hydrogen) atoms. The van der Waals surface area contributed by atoms with Crippen LogP contribution >= 0.6 is 0 Å². The maximum atomic E-state index is 12.7. The Morgan fingerprint density at radius 1 is 0.960 bits per heavy atom. The molecule has 1 amide bonds. The van der Waals surface area contributed by atoms with E-state index in [9.17, 15) is 4.79 Å². The number of ether oxygens (including phenoxy) is 1. The molecule has 0 spiro atoms. The zero-order valence-corrected chi connectivity index (χ0v) is 16.7. The van der Waals surface area contributed by atoms with Crippen molar-refractivity contribution in [2.24, 2.45) is 11.8 Å². The summed E-state index contributed by atoms with van der Waals surface area (Å²) in [5.41, 5.74) is -0.408. The monoisotopic (exact) mass is 350 g/mol. The van der Waals surface area contributed by atoms with Gasteiger partial charge in [0.25, 0.3) is 0 Å². The van der Waals surface area contributed by atoms with Gasteiger partial charge in [-0.1, -0.05) is 26.2 Å². The predicted molar refractivity (Wildman–Crippen MR) is 102 cm³/mol. The average molecular weight is 351 g/mol. The molecule has 3 rings (SSSR count). The van der Waals surface area contributed by atoms with Crippen LogP contribution in [-0.2, 0) is 4.74 Å². The van der Waals surface area contributed by atoms with Crippen LogP contribution in [0, 0.1) is 11.8 Å². The lowest BCUT2D eigenvalue weighted by atomic mass is 9.84. The van der Waals surface area contributed by atoms with Crippen molar-refractivity contribution in [3.63, 3.8) is 0 Å². The normalized spacial score (nSPS) is 36.6. The van der Waals surface area contributed by atoms with E-state index in [1.54, 1.807) is 0 Å². The van der Waals surface area contributed by atoms with E-state index in [0.717, 1.165) is 25.3 Å². The Bertz CT molecular complexity index is 459. The van der Waals surface area contributed by atoms with Crippen LogP contribution < -0.4 is 5.32 Å². The molecule has 5 atom stereocenters. The van der Waals surface area contributed by atoms with Crippen LogP contribution in [0.15, 0.2) is 0 Å². The number of nitrogens with zero attached hydrogens (tertiary/aromatic N) is 1. The number of hydrogen-bond donors (Lipinski definition) is 1. The van der Waals surface area contributed by atoms with Crippen LogP contribution in [-0.4, -0.2) is 41.3 Å². The highest BCUT2D eigenvalue weighted by Crippen LogP contribution is 2.37. The number of amides is 1. The number of rotatable bonds is 3. The molecule has 2 aliphatic carbocycles. The van der Waals surface area contributed by atoms with Gasteiger partial charge in [-0.15, -0.1) is 0 Å². The summed E-state index contributed by atoms with van der Waals surface area (Å²) in [4.78, 5) is 14.7. The van der Waals surface area contributed by atoms with Crippen LogP contribution in [0.25, 0.3) is 0 Å². The summed E-state index contributed by atoms with van der Waals surface area (Å²) in [6.07, 6.45) is 11.4. The fourth-order valence-electron chi connectivity index (χ4n) is 5.28. The summed E-state index contributed by atoms with van der Waals surface area (Å²) in [5.74, 6) is 1.39.